The number of benzene rings is 1. The Balaban J connectivity index is 1.96. The predicted octanol–water partition coefficient (Wildman–Crippen LogP) is 2.53. The molecule has 9 heteroatoms. The highest BCUT2D eigenvalue weighted by atomic mass is 19.1. The van der Waals surface area contributed by atoms with Gasteiger partial charge in [0.2, 0.25) is 5.76 Å². The molecule has 1 atom stereocenters. The zero-order valence-electron chi connectivity index (χ0n) is 13.5. The molecule has 0 bridgehead atoms. The summed E-state index contributed by atoms with van der Waals surface area (Å²) >= 11 is 0. The van der Waals surface area contributed by atoms with Gasteiger partial charge in [0.15, 0.2) is 6.10 Å². The van der Waals surface area contributed by atoms with E-state index < -0.39 is 34.6 Å². The molecule has 0 saturated carbocycles. The zero-order valence-corrected chi connectivity index (χ0v) is 13.5. The molecule has 0 N–H and O–H groups in total. The average Bonchev–Trinajstić information content (AvgIpc) is 3.04. The quantitative estimate of drug-likeness (QED) is 0.450. The second-order valence-corrected chi connectivity index (χ2v) is 5.27. The molecule has 8 nitrogen and oxygen atoms in total. The van der Waals surface area contributed by atoms with Crippen LogP contribution in [0.25, 0.3) is 0 Å². The summed E-state index contributed by atoms with van der Waals surface area (Å²) in [6, 6.07) is 7.87. The van der Waals surface area contributed by atoms with Crippen LogP contribution in [0.1, 0.15) is 23.0 Å². The molecule has 1 aromatic carbocycles. The molecular weight excluding hydrogens is 335 g/mol. The molecule has 2 aromatic rings. The van der Waals surface area contributed by atoms with Gasteiger partial charge in [-0.2, -0.15) is 0 Å². The van der Waals surface area contributed by atoms with Crippen molar-refractivity contribution in [2.45, 2.75) is 19.6 Å². The maximum absolute atomic E-state index is 13.2. The van der Waals surface area contributed by atoms with Crippen molar-refractivity contribution in [1.29, 1.82) is 0 Å². The lowest BCUT2D eigenvalue weighted by Crippen LogP contribution is -2.37. The molecule has 25 heavy (non-hydrogen) atoms. The minimum absolute atomic E-state index is 0.130. The van der Waals surface area contributed by atoms with Crippen LogP contribution in [0.5, 0.6) is 0 Å². The first-order valence-corrected chi connectivity index (χ1v) is 7.22. The largest absolute Gasteiger partial charge is 0.447 e. The third-order valence-electron chi connectivity index (χ3n) is 3.29. The summed E-state index contributed by atoms with van der Waals surface area (Å²) < 4.78 is 22.8. The van der Waals surface area contributed by atoms with E-state index >= 15 is 0 Å². The average molecular weight is 350 g/mol. The highest BCUT2D eigenvalue weighted by Gasteiger charge is 2.25. The summed E-state index contributed by atoms with van der Waals surface area (Å²) in [5.41, 5.74) is 0.580. The lowest BCUT2D eigenvalue weighted by atomic mass is 10.2. The van der Waals surface area contributed by atoms with Gasteiger partial charge in [0.25, 0.3) is 5.91 Å². The van der Waals surface area contributed by atoms with Gasteiger partial charge in [0, 0.05) is 13.6 Å². The third kappa shape index (κ3) is 4.63. The van der Waals surface area contributed by atoms with Gasteiger partial charge in [-0.05, 0) is 30.7 Å². The van der Waals surface area contributed by atoms with E-state index in [9.17, 15) is 24.1 Å². The van der Waals surface area contributed by atoms with Crippen molar-refractivity contribution < 1.29 is 28.1 Å². The highest BCUT2D eigenvalue weighted by Crippen LogP contribution is 2.17. The van der Waals surface area contributed by atoms with Gasteiger partial charge < -0.3 is 14.1 Å². The number of halogens is 1. The molecule has 1 aromatic heterocycles. The number of hydrogen-bond acceptors (Lipinski definition) is 6. The molecule has 0 saturated heterocycles. The van der Waals surface area contributed by atoms with Crippen molar-refractivity contribution in [3.8, 4) is 0 Å². The Morgan fingerprint density at radius 2 is 2.08 bits per heavy atom. The van der Waals surface area contributed by atoms with Crippen LogP contribution in [-0.2, 0) is 16.1 Å². The third-order valence-corrected chi connectivity index (χ3v) is 3.29. The van der Waals surface area contributed by atoms with Crippen LogP contribution in [0.4, 0.5) is 10.3 Å². The Hall–Kier alpha value is -3.23. The first-order chi connectivity index (χ1) is 11.8. The van der Waals surface area contributed by atoms with Crippen molar-refractivity contribution in [3.63, 3.8) is 0 Å². The SMILES string of the molecule is CC(OC(=O)c1ccc([N+](=O)[O-])o1)C(=O)N(C)Cc1cccc(F)c1. The molecule has 0 aliphatic carbocycles. The van der Waals surface area contributed by atoms with Gasteiger partial charge in [-0.1, -0.05) is 12.1 Å². The summed E-state index contributed by atoms with van der Waals surface area (Å²) in [6.07, 6.45) is -1.14. The number of likely N-dealkylation sites (N-methyl/N-ethyl adjacent to an activating group) is 1. The van der Waals surface area contributed by atoms with Crippen LogP contribution < -0.4 is 0 Å². The minimum atomic E-state index is -1.14. The van der Waals surface area contributed by atoms with Gasteiger partial charge >= 0.3 is 11.9 Å². The number of nitrogens with zero attached hydrogens (tertiary/aromatic N) is 2. The number of amides is 1. The molecule has 132 valence electrons. The summed E-state index contributed by atoms with van der Waals surface area (Å²) in [7, 11) is 1.48. The Kier molecular flexibility index (Phi) is 5.48. The van der Waals surface area contributed by atoms with Gasteiger partial charge in [0.1, 0.15) is 10.7 Å². The second kappa shape index (κ2) is 7.56. The fourth-order valence-corrected chi connectivity index (χ4v) is 2.10. The van der Waals surface area contributed by atoms with Gasteiger partial charge in [-0.3, -0.25) is 14.9 Å². The molecule has 1 amide bonds. The van der Waals surface area contributed by atoms with E-state index in [0.29, 0.717) is 5.56 Å². The number of furan rings is 1. The second-order valence-electron chi connectivity index (χ2n) is 5.27. The lowest BCUT2D eigenvalue weighted by molar-refractivity contribution is -0.402. The maximum atomic E-state index is 13.2. The number of carbonyl (C=O) groups is 2. The molecule has 0 radical (unpaired) electrons. The van der Waals surface area contributed by atoms with Gasteiger partial charge in [-0.25, -0.2) is 9.18 Å². The number of nitro groups is 1. The van der Waals surface area contributed by atoms with Crippen LogP contribution >= 0.6 is 0 Å². The first kappa shape index (κ1) is 18.1. The fourth-order valence-electron chi connectivity index (χ4n) is 2.10. The molecular formula is C16H15FN2O6. The van der Waals surface area contributed by atoms with Crippen molar-refractivity contribution >= 4 is 17.8 Å². The minimum Gasteiger partial charge on any atom is -0.447 e. The van der Waals surface area contributed by atoms with E-state index in [4.69, 9.17) is 9.15 Å². The van der Waals surface area contributed by atoms with Gasteiger partial charge in [-0.15, -0.1) is 0 Å². The van der Waals surface area contributed by atoms with Crippen LogP contribution in [0.15, 0.2) is 40.8 Å². The fraction of sp³-hybridized carbons (Fsp3) is 0.250. The van der Waals surface area contributed by atoms with Crippen LogP contribution in [0, 0.1) is 15.9 Å². The van der Waals surface area contributed by atoms with E-state index in [1.54, 1.807) is 6.07 Å². The Labute approximate surface area is 141 Å². The number of hydrogen-bond donors (Lipinski definition) is 0. The van der Waals surface area contributed by atoms with Gasteiger partial charge in [0.05, 0.1) is 6.07 Å². The topological polar surface area (TPSA) is 103 Å². The molecule has 0 aliphatic heterocycles. The number of rotatable bonds is 6. The molecule has 0 fully saturated rings. The van der Waals surface area contributed by atoms with Crippen LogP contribution in [0.2, 0.25) is 0 Å². The van der Waals surface area contributed by atoms with E-state index in [2.05, 4.69) is 0 Å². The summed E-state index contributed by atoms with van der Waals surface area (Å²) in [4.78, 5) is 35.1. The first-order valence-electron chi connectivity index (χ1n) is 7.22. The van der Waals surface area contributed by atoms with Crippen molar-refractivity contribution in [2.75, 3.05) is 7.05 Å². The molecule has 0 aliphatic rings. The van der Waals surface area contributed by atoms with E-state index in [1.807, 2.05) is 0 Å². The van der Waals surface area contributed by atoms with Crippen LogP contribution in [-0.4, -0.2) is 34.9 Å². The zero-order chi connectivity index (χ0) is 18.6. The summed E-state index contributed by atoms with van der Waals surface area (Å²) in [5, 5.41) is 10.5. The summed E-state index contributed by atoms with van der Waals surface area (Å²) in [5.74, 6) is -2.91. The normalized spacial score (nSPS) is 11.6. The smallest absolute Gasteiger partial charge is 0.433 e. The molecule has 1 unspecified atom stereocenters. The Morgan fingerprint density at radius 3 is 2.68 bits per heavy atom. The van der Waals surface area contributed by atoms with Crippen molar-refractivity contribution in [2.24, 2.45) is 0 Å². The molecule has 1 heterocycles. The number of ether oxygens (including phenoxy) is 1. The number of esters is 1. The Bertz CT molecular complexity index is 803. The lowest BCUT2D eigenvalue weighted by Gasteiger charge is -2.21. The Morgan fingerprint density at radius 1 is 1.36 bits per heavy atom. The maximum Gasteiger partial charge on any atom is 0.433 e. The van der Waals surface area contributed by atoms with Crippen molar-refractivity contribution in [3.05, 3.63) is 63.7 Å². The monoisotopic (exact) mass is 350 g/mol. The molecule has 2 rings (SSSR count). The summed E-state index contributed by atoms with van der Waals surface area (Å²) in [6.45, 7) is 1.49. The highest BCUT2D eigenvalue weighted by molar-refractivity contribution is 5.90. The van der Waals surface area contributed by atoms with Crippen molar-refractivity contribution in [1.82, 2.24) is 4.90 Å². The van der Waals surface area contributed by atoms with E-state index in [0.717, 1.165) is 12.1 Å². The predicted molar refractivity (Wildman–Crippen MR) is 83.1 cm³/mol. The van der Waals surface area contributed by atoms with E-state index in [1.165, 1.54) is 37.1 Å². The van der Waals surface area contributed by atoms with Crippen LogP contribution in [0.3, 0.4) is 0 Å². The van der Waals surface area contributed by atoms with E-state index in [-0.39, 0.29) is 12.3 Å². The molecule has 0 spiro atoms. The number of carbonyl (C=O) groups excluding carboxylic acids is 2. The standard InChI is InChI=1S/C16H15FN2O6/c1-10(24-16(21)13-6-7-14(25-13)19(22)23)15(20)18(2)9-11-4-3-5-12(17)8-11/h3-8,10H,9H2,1-2H3.